The highest BCUT2D eigenvalue weighted by Crippen LogP contribution is 2.43. The molecule has 0 unspecified atom stereocenters. The molecule has 2 aliphatic rings. The molecule has 5 rings (SSSR count). The van der Waals surface area contributed by atoms with Gasteiger partial charge >= 0.3 is 0 Å². The van der Waals surface area contributed by atoms with E-state index in [1.54, 1.807) is 6.20 Å². The maximum absolute atomic E-state index is 13.3. The molecular formula is C30H31N3O2. The van der Waals surface area contributed by atoms with Crippen LogP contribution in [0.5, 0.6) is 0 Å². The molecule has 0 radical (unpaired) electrons. The molecule has 5 nitrogen and oxygen atoms in total. The summed E-state index contributed by atoms with van der Waals surface area (Å²) in [6, 6.07) is 22.4. The first-order chi connectivity index (χ1) is 17.1. The van der Waals surface area contributed by atoms with E-state index >= 15 is 0 Å². The van der Waals surface area contributed by atoms with Crippen LogP contribution in [-0.2, 0) is 11.2 Å². The number of piperidine rings is 1. The molecule has 0 spiro atoms. The van der Waals surface area contributed by atoms with Gasteiger partial charge in [-0.3, -0.25) is 14.6 Å². The number of aromatic nitrogens is 1. The Bertz CT molecular complexity index is 1200. The van der Waals surface area contributed by atoms with Crippen LogP contribution >= 0.6 is 0 Å². The van der Waals surface area contributed by atoms with Crippen LogP contribution in [0.25, 0.3) is 5.57 Å². The molecule has 2 bridgehead atoms. The van der Waals surface area contributed by atoms with E-state index in [0.717, 1.165) is 42.4 Å². The van der Waals surface area contributed by atoms with Gasteiger partial charge in [0.2, 0.25) is 5.91 Å². The van der Waals surface area contributed by atoms with Crippen LogP contribution in [-0.4, -0.2) is 40.3 Å². The molecule has 178 valence electrons. The lowest BCUT2D eigenvalue weighted by molar-refractivity contribution is -0.134. The van der Waals surface area contributed by atoms with Crippen molar-refractivity contribution in [2.24, 2.45) is 0 Å². The number of fused-ring (bicyclic) bond motifs is 2. The van der Waals surface area contributed by atoms with E-state index in [9.17, 15) is 9.59 Å². The molecule has 2 amide bonds. The molecule has 2 aromatic carbocycles. The fraction of sp³-hybridized carbons (Fsp3) is 0.300. The van der Waals surface area contributed by atoms with Crippen molar-refractivity contribution >= 4 is 17.4 Å². The van der Waals surface area contributed by atoms with E-state index in [1.165, 1.54) is 11.1 Å². The van der Waals surface area contributed by atoms with Crippen LogP contribution < -0.4 is 5.32 Å². The van der Waals surface area contributed by atoms with Crippen molar-refractivity contribution in [2.75, 3.05) is 6.54 Å². The Kier molecular flexibility index (Phi) is 6.75. The second-order valence-electron chi connectivity index (χ2n) is 9.41. The molecule has 5 heteroatoms. The number of carbonyl (C=O) groups excluding carboxylic acids is 2. The average Bonchev–Trinajstić information content (AvgIpc) is 3.16. The van der Waals surface area contributed by atoms with Gasteiger partial charge in [-0.1, -0.05) is 54.1 Å². The summed E-state index contributed by atoms with van der Waals surface area (Å²) in [5.74, 6) is 0.176. The summed E-state index contributed by atoms with van der Waals surface area (Å²) in [4.78, 5) is 32.1. The van der Waals surface area contributed by atoms with Crippen molar-refractivity contribution in [3.63, 3.8) is 0 Å². The average molecular weight is 466 g/mol. The van der Waals surface area contributed by atoms with Gasteiger partial charge in [0.25, 0.3) is 5.91 Å². The zero-order valence-corrected chi connectivity index (χ0v) is 20.1. The molecule has 2 aliphatic heterocycles. The molecule has 1 N–H and O–H groups in total. The third-order valence-corrected chi connectivity index (χ3v) is 7.15. The van der Waals surface area contributed by atoms with E-state index in [4.69, 9.17) is 0 Å². The van der Waals surface area contributed by atoms with Gasteiger partial charge in [0, 0.05) is 42.1 Å². The third kappa shape index (κ3) is 4.90. The molecule has 3 heterocycles. The van der Waals surface area contributed by atoms with Gasteiger partial charge in [0.15, 0.2) is 0 Å². The van der Waals surface area contributed by atoms with Gasteiger partial charge in [-0.05, 0) is 67.5 Å². The van der Waals surface area contributed by atoms with Crippen LogP contribution in [0.15, 0.2) is 84.7 Å². The van der Waals surface area contributed by atoms with Gasteiger partial charge in [0.05, 0.1) is 6.42 Å². The monoisotopic (exact) mass is 465 g/mol. The van der Waals surface area contributed by atoms with E-state index in [2.05, 4.69) is 21.3 Å². The Morgan fingerprint density at radius 2 is 1.57 bits per heavy atom. The second-order valence-corrected chi connectivity index (χ2v) is 9.41. The standard InChI is InChI=1S/C30H31N3O2/c1-2-32-30(35)23-12-10-22(11-13-23)29(24-9-6-16-31-20-24)25-18-26-14-15-27(19-25)33(26)28(34)17-21-7-4-3-5-8-21/h3-13,16,20,26-27H,2,14-15,17-19H2,1H3,(H,32,35)/t26-,27+. The predicted molar refractivity (Wildman–Crippen MR) is 138 cm³/mol. The summed E-state index contributed by atoms with van der Waals surface area (Å²) in [7, 11) is 0. The first-order valence-corrected chi connectivity index (χ1v) is 12.5. The zero-order valence-electron chi connectivity index (χ0n) is 20.1. The third-order valence-electron chi connectivity index (χ3n) is 7.15. The number of rotatable bonds is 6. The lowest BCUT2D eigenvalue weighted by Crippen LogP contribution is -2.45. The van der Waals surface area contributed by atoms with Crippen molar-refractivity contribution < 1.29 is 9.59 Å². The normalized spacial score (nSPS) is 20.4. The molecule has 1 aromatic heterocycles. The molecule has 3 aromatic rings. The fourth-order valence-corrected chi connectivity index (χ4v) is 5.62. The Balaban J connectivity index is 1.44. The Hall–Kier alpha value is -3.73. The number of hydrogen-bond donors (Lipinski definition) is 1. The maximum Gasteiger partial charge on any atom is 0.251 e. The Labute approximate surface area is 206 Å². The highest BCUT2D eigenvalue weighted by atomic mass is 16.2. The minimum atomic E-state index is -0.0575. The van der Waals surface area contributed by atoms with Gasteiger partial charge in [0.1, 0.15) is 0 Å². The van der Waals surface area contributed by atoms with E-state index in [0.29, 0.717) is 18.5 Å². The fourth-order valence-electron chi connectivity index (χ4n) is 5.62. The number of amides is 2. The quantitative estimate of drug-likeness (QED) is 0.555. The first-order valence-electron chi connectivity index (χ1n) is 12.5. The molecule has 2 atom stereocenters. The van der Waals surface area contributed by atoms with Gasteiger partial charge in [-0.25, -0.2) is 0 Å². The molecule has 2 saturated heterocycles. The SMILES string of the molecule is CCNC(=O)c1ccc(C(=C2C[C@H]3CC[C@@H](C2)N3C(=O)Cc2ccccc2)c2cccnc2)cc1. The lowest BCUT2D eigenvalue weighted by Gasteiger charge is -2.37. The number of carbonyl (C=O) groups is 2. The Morgan fingerprint density at radius 1 is 0.886 bits per heavy atom. The molecule has 2 fully saturated rings. The van der Waals surface area contributed by atoms with Gasteiger partial charge in [-0.2, -0.15) is 0 Å². The summed E-state index contributed by atoms with van der Waals surface area (Å²) < 4.78 is 0. The largest absolute Gasteiger partial charge is 0.352 e. The highest BCUT2D eigenvalue weighted by Gasteiger charge is 2.41. The van der Waals surface area contributed by atoms with Gasteiger partial charge in [-0.15, -0.1) is 0 Å². The number of hydrogen-bond acceptors (Lipinski definition) is 3. The number of benzene rings is 2. The Morgan fingerprint density at radius 3 is 2.20 bits per heavy atom. The lowest BCUT2D eigenvalue weighted by atomic mass is 9.85. The summed E-state index contributed by atoms with van der Waals surface area (Å²) in [6.45, 7) is 2.52. The minimum Gasteiger partial charge on any atom is -0.352 e. The van der Waals surface area contributed by atoms with Crippen LogP contribution in [0, 0.1) is 0 Å². The van der Waals surface area contributed by atoms with Crippen molar-refractivity contribution in [3.05, 3.63) is 107 Å². The molecule has 0 saturated carbocycles. The number of pyridine rings is 1. The van der Waals surface area contributed by atoms with E-state index in [1.807, 2.05) is 73.8 Å². The first kappa shape index (κ1) is 23.0. The van der Waals surface area contributed by atoms with Crippen LogP contribution in [0.2, 0.25) is 0 Å². The van der Waals surface area contributed by atoms with Gasteiger partial charge < -0.3 is 10.2 Å². The summed E-state index contributed by atoms with van der Waals surface area (Å²) in [5, 5.41) is 2.86. The summed E-state index contributed by atoms with van der Waals surface area (Å²) in [5.41, 5.74) is 6.46. The van der Waals surface area contributed by atoms with Crippen molar-refractivity contribution in [3.8, 4) is 0 Å². The van der Waals surface area contributed by atoms with Crippen LogP contribution in [0.1, 0.15) is 59.7 Å². The van der Waals surface area contributed by atoms with E-state index in [-0.39, 0.29) is 23.9 Å². The molecular weight excluding hydrogens is 434 g/mol. The number of nitrogens with zero attached hydrogens (tertiary/aromatic N) is 2. The van der Waals surface area contributed by atoms with Crippen LogP contribution in [0.3, 0.4) is 0 Å². The van der Waals surface area contributed by atoms with E-state index < -0.39 is 0 Å². The van der Waals surface area contributed by atoms with Crippen molar-refractivity contribution in [1.82, 2.24) is 15.2 Å². The second kappa shape index (κ2) is 10.3. The smallest absolute Gasteiger partial charge is 0.251 e. The van der Waals surface area contributed by atoms with Crippen LogP contribution in [0.4, 0.5) is 0 Å². The highest BCUT2D eigenvalue weighted by molar-refractivity contribution is 5.95. The topological polar surface area (TPSA) is 62.3 Å². The predicted octanol–water partition coefficient (Wildman–Crippen LogP) is 5.03. The summed E-state index contributed by atoms with van der Waals surface area (Å²) >= 11 is 0. The maximum atomic E-state index is 13.3. The number of nitrogens with one attached hydrogen (secondary N) is 1. The minimum absolute atomic E-state index is 0.0575. The zero-order chi connectivity index (χ0) is 24.2. The summed E-state index contributed by atoms with van der Waals surface area (Å²) in [6.07, 6.45) is 8.01. The van der Waals surface area contributed by atoms with Crippen molar-refractivity contribution in [1.29, 1.82) is 0 Å². The molecule has 0 aliphatic carbocycles. The molecule has 35 heavy (non-hydrogen) atoms. The van der Waals surface area contributed by atoms with Crippen molar-refractivity contribution in [2.45, 2.75) is 51.1 Å².